The number of amides is 2. The van der Waals surface area contributed by atoms with Crippen molar-refractivity contribution >= 4 is 35.1 Å². The second-order valence-electron chi connectivity index (χ2n) is 9.80. The zero-order valence-corrected chi connectivity index (χ0v) is 21.0. The van der Waals surface area contributed by atoms with E-state index in [1.807, 2.05) is 43.4 Å². The minimum Gasteiger partial charge on any atom is -0.465 e. The van der Waals surface area contributed by atoms with Gasteiger partial charge in [-0.1, -0.05) is 48.0 Å². The van der Waals surface area contributed by atoms with Crippen molar-refractivity contribution in [3.8, 4) is 0 Å². The lowest BCUT2D eigenvalue weighted by Gasteiger charge is -2.36. The number of likely N-dealkylation sites (tertiary alicyclic amines) is 1. The molecule has 8 nitrogen and oxygen atoms in total. The van der Waals surface area contributed by atoms with E-state index in [4.69, 9.17) is 21.1 Å². The molecule has 1 unspecified atom stereocenters. The number of aryl methyl sites for hydroxylation is 1. The Labute approximate surface area is 215 Å². The van der Waals surface area contributed by atoms with Gasteiger partial charge in [0.15, 0.2) is 0 Å². The molecule has 2 amide bonds. The number of esters is 1. The number of fused-ring (bicyclic) bond motifs is 2. The molecule has 9 heteroatoms. The number of aliphatic hydroxyl groups is 1. The fraction of sp³-hybridized carbons (Fsp3) is 0.519. The predicted molar refractivity (Wildman–Crippen MR) is 133 cm³/mol. The van der Waals surface area contributed by atoms with E-state index in [1.54, 1.807) is 15.9 Å². The summed E-state index contributed by atoms with van der Waals surface area (Å²) in [5, 5.41) is 9.63. The first-order chi connectivity index (χ1) is 17.4. The van der Waals surface area contributed by atoms with E-state index in [9.17, 15) is 19.5 Å². The quantitative estimate of drug-likeness (QED) is 0.356. The van der Waals surface area contributed by atoms with Crippen molar-refractivity contribution in [3.05, 3.63) is 53.1 Å². The summed E-state index contributed by atoms with van der Waals surface area (Å²) >= 11 is 6.55. The fourth-order valence-electron chi connectivity index (χ4n) is 6.08. The van der Waals surface area contributed by atoms with Gasteiger partial charge in [-0.15, -0.1) is 0 Å². The maximum absolute atomic E-state index is 14.3. The van der Waals surface area contributed by atoms with Gasteiger partial charge < -0.3 is 24.4 Å². The Bertz CT molecular complexity index is 1100. The highest BCUT2D eigenvalue weighted by Crippen LogP contribution is 2.53. The molecule has 0 aromatic heterocycles. The smallest absolute Gasteiger partial charge is 0.312 e. The van der Waals surface area contributed by atoms with E-state index >= 15 is 0 Å². The number of para-hydroxylation sites is 1. The molecule has 0 aliphatic carbocycles. The van der Waals surface area contributed by atoms with E-state index in [1.165, 1.54) is 0 Å². The van der Waals surface area contributed by atoms with Crippen LogP contribution in [0.4, 0.5) is 5.69 Å². The summed E-state index contributed by atoms with van der Waals surface area (Å²) in [5.74, 6) is -2.73. The van der Waals surface area contributed by atoms with Gasteiger partial charge >= 0.3 is 5.97 Å². The van der Waals surface area contributed by atoms with Crippen molar-refractivity contribution < 1.29 is 29.0 Å². The molecule has 36 heavy (non-hydrogen) atoms. The van der Waals surface area contributed by atoms with Crippen LogP contribution in [0.15, 0.2) is 42.5 Å². The van der Waals surface area contributed by atoms with Gasteiger partial charge in [-0.25, -0.2) is 0 Å². The summed E-state index contributed by atoms with van der Waals surface area (Å²) in [5.41, 5.74) is 0.152. The summed E-state index contributed by atoms with van der Waals surface area (Å²) in [6.07, 6.45) is 9.22. The van der Waals surface area contributed by atoms with Gasteiger partial charge in [-0.05, 0) is 44.2 Å². The van der Waals surface area contributed by atoms with E-state index in [0.717, 1.165) is 5.56 Å². The molecule has 4 heterocycles. The molecular weight excluding hydrogens is 484 g/mol. The first kappa shape index (κ1) is 25.0. The highest BCUT2D eigenvalue weighted by Gasteiger charge is 2.71. The Hall–Kier alpha value is -2.68. The largest absolute Gasteiger partial charge is 0.465 e. The van der Waals surface area contributed by atoms with Crippen molar-refractivity contribution in [1.29, 1.82) is 0 Å². The SMILES string of the molecule is Cc1cccc(Cl)c1N1CC=C[C@]23O[C@H]4C=CCCOC(=O)[C@H]4[C@H]2C(=O)N(CCCCCO)C3C1=O. The van der Waals surface area contributed by atoms with E-state index < -0.39 is 35.6 Å². The summed E-state index contributed by atoms with van der Waals surface area (Å²) in [6.45, 7) is 2.79. The number of carbonyl (C=O) groups is 3. The number of ether oxygens (including phenoxy) is 2. The maximum Gasteiger partial charge on any atom is 0.312 e. The van der Waals surface area contributed by atoms with Crippen LogP contribution in [0.5, 0.6) is 0 Å². The highest BCUT2D eigenvalue weighted by molar-refractivity contribution is 6.34. The Morgan fingerprint density at radius 3 is 2.75 bits per heavy atom. The highest BCUT2D eigenvalue weighted by atomic mass is 35.5. The molecule has 0 bridgehead atoms. The first-order valence-electron chi connectivity index (χ1n) is 12.6. The van der Waals surface area contributed by atoms with E-state index in [2.05, 4.69) is 0 Å². The molecule has 1 N–H and O–H groups in total. The van der Waals surface area contributed by atoms with Crippen LogP contribution in [-0.4, -0.2) is 71.8 Å². The maximum atomic E-state index is 14.3. The van der Waals surface area contributed by atoms with Gasteiger partial charge in [0.2, 0.25) is 5.91 Å². The lowest BCUT2D eigenvalue weighted by molar-refractivity contribution is -0.154. The van der Waals surface area contributed by atoms with Crippen LogP contribution >= 0.6 is 11.6 Å². The normalized spacial score (nSPS) is 31.5. The van der Waals surface area contributed by atoms with Gasteiger partial charge in [-0.3, -0.25) is 14.4 Å². The third kappa shape index (κ3) is 3.96. The number of hydrogen-bond acceptors (Lipinski definition) is 6. The molecule has 5 atom stereocenters. The van der Waals surface area contributed by atoms with Gasteiger partial charge in [0.05, 0.1) is 29.3 Å². The Balaban J connectivity index is 1.59. The second kappa shape index (κ2) is 10.00. The lowest BCUT2D eigenvalue weighted by Crippen LogP contribution is -2.55. The first-order valence-corrected chi connectivity index (χ1v) is 12.9. The summed E-state index contributed by atoms with van der Waals surface area (Å²) in [6, 6.07) is 4.51. The van der Waals surface area contributed by atoms with Crippen molar-refractivity contribution in [1.82, 2.24) is 4.90 Å². The lowest BCUT2D eigenvalue weighted by atomic mass is 9.77. The molecule has 0 saturated carbocycles. The Morgan fingerprint density at radius 1 is 1.14 bits per heavy atom. The molecular formula is C27H31ClN2O6. The number of benzene rings is 1. The number of cyclic esters (lactones) is 1. The zero-order chi connectivity index (χ0) is 25.4. The summed E-state index contributed by atoms with van der Waals surface area (Å²) in [4.78, 5) is 44.6. The molecule has 192 valence electrons. The number of carbonyl (C=O) groups excluding carboxylic acids is 3. The molecule has 1 spiro atoms. The average molecular weight is 515 g/mol. The van der Waals surface area contributed by atoms with Crippen LogP contribution in [0, 0.1) is 18.8 Å². The number of nitrogens with zero attached hydrogens (tertiary/aromatic N) is 2. The van der Waals surface area contributed by atoms with E-state index in [-0.39, 0.29) is 31.6 Å². The number of unbranched alkanes of at least 4 members (excludes halogenated alkanes) is 2. The van der Waals surface area contributed by atoms with Crippen LogP contribution in [0.3, 0.4) is 0 Å². The van der Waals surface area contributed by atoms with Gasteiger partial charge in [0.25, 0.3) is 5.91 Å². The van der Waals surface area contributed by atoms with E-state index in [0.29, 0.717) is 42.9 Å². The number of halogens is 1. The molecule has 1 aromatic carbocycles. The van der Waals surface area contributed by atoms with Crippen molar-refractivity contribution in [3.63, 3.8) is 0 Å². The Morgan fingerprint density at radius 2 is 1.97 bits per heavy atom. The van der Waals surface area contributed by atoms with Gasteiger partial charge in [-0.2, -0.15) is 0 Å². The van der Waals surface area contributed by atoms with Gasteiger partial charge in [0.1, 0.15) is 17.6 Å². The molecule has 4 aliphatic rings. The molecule has 5 rings (SSSR count). The van der Waals surface area contributed by atoms with Crippen LogP contribution in [-0.2, 0) is 23.9 Å². The topological polar surface area (TPSA) is 96.4 Å². The predicted octanol–water partition coefficient (Wildman–Crippen LogP) is 2.80. The van der Waals surface area contributed by atoms with Gasteiger partial charge in [0, 0.05) is 19.7 Å². The minimum absolute atomic E-state index is 0.0657. The minimum atomic E-state index is -1.29. The van der Waals surface area contributed by atoms with Crippen LogP contribution < -0.4 is 4.90 Å². The summed E-state index contributed by atoms with van der Waals surface area (Å²) in [7, 11) is 0. The Kier molecular flexibility index (Phi) is 6.94. The third-order valence-electron chi connectivity index (χ3n) is 7.64. The summed E-state index contributed by atoms with van der Waals surface area (Å²) < 4.78 is 12.0. The zero-order valence-electron chi connectivity index (χ0n) is 20.3. The second-order valence-corrected chi connectivity index (χ2v) is 10.2. The van der Waals surface area contributed by atoms with Crippen LogP contribution in [0.2, 0.25) is 5.02 Å². The molecule has 2 fully saturated rings. The van der Waals surface area contributed by atoms with Crippen molar-refractivity contribution in [2.45, 2.75) is 50.4 Å². The average Bonchev–Trinajstić information content (AvgIpc) is 3.21. The monoisotopic (exact) mass is 514 g/mol. The molecule has 1 aromatic rings. The van der Waals surface area contributed by atoms with Crippen molar-refractivity contribution in [2.75, 3.05) is 31.2 Å². The third-order valence-corrected chi connectivity index (χ3v) is 7.94. The standard InChI is InChI=1S/C27H31ClN2O6/c1-17-9-7-10-18(28)22(17)29-14-8-12-27-21(20-19(36-27)11-3-6-16-35-26(20)34)24(32)30(23(27)25(29)33)13-4-2-5-15-31/h3,7-12,19-21,23,31H,2,4-6,13-16H2,1H3/t19-,20+,21-,23?,27-/m0/s1. The molecule has 4 aliphatic heterocycles. The fourth-order valence-corrected chi connectivity index (χ4v) is 6.41. The number of hydrogen-bond donors (Lipinski definition) is 1. The number of aliphatic hydroxyl groups excluding tert-OH is 1. The number of anilines is 1. The van der Waals surface area contributed by atoms with Crippen molar-refractivity contribution in [2.24, 2.45) is 11.8 Å². The molecule has 0 radical (unpaired) electrons. The van der Waals surface area contributed by atoms with Crippen LogP contribution in [0.1, 0.15) is 31.2 Å². The molecule has 2 saturated heterocycles. The van der Waals surface area contributed by atoms with Crippen LogP contribution in [0.25, 0.3) is 0 Å². The number of rotatable bonds is 6.